The Morgan fingerprint density at radius 3 is 2.74 bits per heavy atom. The van der Waals surface area contributed by atoms with Crippen LogP contribution >= 0.6 is 11.6 Å². The van der Waals surface area contributed by atoms with Gasteiger partial charge in [-0.3, -0.25) is 4.79 Å². The van der Waals surface area contributed by atoms with Crippen LogP contribution in [0.15, 0.2) is 52.9 Å². The standard InChI is InChI=1S/C20H20ClN3O3/c1-13(10-14-6-8-16(21)9-7-14)19(25)22-12-18-23-24-20(27-18)15-4-3-5-17(11-15)26-2/h3-9,11,13H,10,12H2,1-2H3,(H,22,25). The van der Waals surface area contributed by atoms with E-state index in [-0.39, 0.29) is 18.4 Å². The number of hydrogen-bond acceptors (Lipinski definition) is 5. The van der Waals surface area contributed by atoms with Gasteiger partial charge in [0.15, 0.2) is 0 Å². The molecule has 0 fully saturated rings. The molecule has 0 aliphatic heterocycles. The minimum atomic E-state index is -0.188. The number of methoxy groups -OCH3 is 1. The summed E-state index contributed by atoms with van der Waals surface area (Å²) in [5.74, 6) is 1.17. The van der Waals surface area contributed by atoms with E-state index in [1.54, 1.807) is 7.11 Å². The summed E-state index contributed by atoms with van der Waals surface area (Å²) in [6, 6.07) is 14.8. The van der Waals surface area contributed by atoms with Crippen molar-refractivity contribution in [1.29, 1.82) is 0 Å². The number of nitrogens with one attached hydrogen (secondary N) is 1. The predicted octanol–water partition coefficient (Wildman–Crippen LogP) is 3.89. The van der Waals surface area contributed by atoms with Crippen LogP contribution in [0.1, 0.15) is 18.4 Å². The lowest BCUT2D eigenvalue weighted by molar-refractivity contribution is -0.124. The molecule has 7 heteroatoms. The lowest BCUT2D eigenvalue weighted by Crippen LogP contribution is -2.30. The molecule has 27 heavy (non-hydrogen) atoms. The summed E-state index contributed by atoms with van der Waals surface area (Å²) >= 11 is 5.88. The van der Waals surface area contributed by atoms with Crippen LogP contribution in [0.3, 0.4) is 0 Å². The summed E-state index contributed by atoms with van der Waals surface area (Å²) in [6.07, 6.45) is 0.627. The van der Waals surface area contributed by atoms with E-state index < -0.39 is 0 Å². The van der Waals surface area contributed by atoms with Gasteiger partial charge in [0.2, 0.25) is 17.7 Å². The summed E-state index contributed by atoms with van der Waals surface area (Å²) < 4.78 is 10.8. The Hall–Kier alpha value is -2.86. The molecule has 3 aromatic rings. The lowest BCUT2D eigenvalue weighted by atomic mass is 10.0. The Labute approximate surface area is 162 Å². The number of aromatic nitrogens is 2. The van der Waals surface area contributed by atoms with E-state index in [9.17, 15) is 4.79 Å². The summed E-state index contributed by atoms with van der Waals surface area (Å²) in [6.45, 7) is 2.06. The number of carbonyl (C=O) groups is 1. The van der Waals surface area contributed by atoms with Crippen LogP contribution in [-0.4, -0.2) is 23.2 Å². The highest BCUT2D eigenvalue weighted by Gasteiger charge is 2.15. The minimum absolute atomic E-state index is 0.0777. The minimum Gasteiger partial charge on any atom is -0.497 e. The third kappa shape index (κ3) is 5.08. The maximum Gasteiger partial charge on any atom is 0.247 e. The van der Waals surface area contributed by atoms with Crippen molar-refractivity contribution < 1.29 is 13.9 Å². The lowest BCUT2D eigenvalue weighted by Gasteiger charge is -2.11. The number of benzene rings is 2. The largest absolute Gasteiger partial charge is 0.497 e. The highest BCUT2D eigenvalue weighted by molar-refractivity contribution is 6.30. The van der Waals surface area contributed by atoms with Crippen molar-refractivity contribution in [3.8, 4) is 17.2 Å². The van der Waals surface area contributed by atoms with Crippen LogP contribution in [0.25, 0.3) is 11.5 Å². The second-order valence-electron chi connectivity index (χ2n) is 6.18. The van der Waals surface area contributed by atoms with Gasteiger partial charge in [-0.1, -0.05) is 36.7 Å². The Morgan fingerprint density at radius 1 is 1.22 bits per heavy atom. The van der Waals surface area contributed by atoms with Gasteiger partial charge in [0.05, 0.1) is 13.7 Å². The van der Waals surface area contributed by atoms with Crippen molar-refractivity contribution >= 4 is 17.5 Å². The molecule has 0 saturated heterocycles. The average Bonchev–Trinajstić information content (AvgIpc) is 3.17. The van der Waals surface area contributed by atoms with E-state index in [0.29, 0.717) is 29.0 Å². The average molecular weight is 386 g/mol. The van der Waals surface area contributed by atoms with Crippen molar-refractivity contribution in [3.05, 3.63) is 65.0 Å². The van der Waals surface area contributed by atoms with Crippen molar-refractivity contribution in [1.82, 2.24) is 15.5 Å². The molecule has 3 rings (SSSR count). The van der Waals surface area contributed by atoms with Gasteiger partial charge in [0.1, 0.15) is 5.75 Å². The maximum absolute atomic E-state index is 12.3. The number of carbonyl (C=O) groups excluding carboxylic acids is 1. The van der Waals surface area contributed by atoms with E-state index in [1.807, 2.05) is 55.5 Å². The fourth-order valence-corrected chi connectivity index (χ4v) is 2.73. The van der Waals surface area contributed by atoms with Gasteiger partial charge in [-0.25, -0.2) is 0 Å². The first-order valence-electron chi connectivity index (χ1n) is 8.54. The van der Waals surface area contributed by atoms with Crippen LogP contribution in [0, 0.1) is 5.92 Å². The van der Waals surface area contributed by atoms with Gasteiger partial charge in [-0.2, -0.15) is 0 Å². The first kappa shape index (κ1) is 18.9. The zero-order valence-electron chi connectivity index (χ0n) is 15.1. The number of ether oxygens (including phenoxy) is 1. The topological polar surface area (TPSA) is 77.3 Å². The fourth-order valence-electron chi connectivity index (χ4n) is 2.60. The van der Waals surface area contributed by atoms with Crippen molar-refractivity contribution in [3.63, 3.8) is 0 Å². The maximum atomic E-state index is 12.3. The SMILES string of the molecule is COc1cccc(-c2nnc(CNC(=O)C(C)Cc3ccc(Cl)cc3)o2)c1. The van der Waals surface area contributed by atoms with Crippen LogP contribution in [0.5, 0.6) is 5.75 Å². The number of rotatable bonds is 7. The van der Waals surface area contributed by atoms with Gasteiger partial charge < -0.3 is 14.5 Å². The third-order valence-electron chi connectivity index (χ3n) is 4.10. The monoisotopic (exact) mass is 385 g/mol. The Balaban J connectivity index is 1.55. The molecule has 0 aliphatic rings. The molecular formula is C20H20ClN3O3. The Morgan fingerprint density at radius 2 is 2.00 bits per heavy atom. The van der Waals surface area contributed by atoms with Crippen molar-refractivity contribution in [2.24, 2.45) is 5.92 Å². The number of nitrogens with zero attached hydrogens (tertiary/aromatic N) is 2. The quantitative estimate of drug-likeness (QED) is 0.667. The summed E-state index contributed by atoms with van der Waals surface area (Å²) in [4.78, 5) is 12.3. The molecule has 1 atom stereocenters. The number of amides is 1. The molecular weight excluding hydrogens is 366 g/mol. The Bertz CT molecular complexity index is 909. The first-order chi connectivity index (χ1) is 13.0. The molecule has 1 amide bonds. The third-order valence-corrected chi connectivity index (χ3v) is 4.35. The highest BCUT2D eigenvalue weighted by atomic mass is 35.5. The van der Waals surface area contributed by atoms with Crippen molar-refractivity contribution in [2.75, 3.05) is 7.11 Å². The molecule has 0 saturated carbocycles. The van der Waals surface area contributed by atoms with Crippen LogP contribution < -0.4 is 10.1 Å². The smallest absolute Gasteiger partial charge is 0.247 e. The van der Waals surface area contributed by atoms with Gasteiger partial charge in [-0.05, 0) is 42.3 Å². The predicted molar refractivity (Wildman–Crippen MR) is 102 cm³/mol. The molecule has 1 aromatic heterocycles. The molecule has 0 radical (unpaired) electrons. The second kappa shape index (κ2) is 8.68. The molecule has 2 aromatic carbocycles. The number of hydrogen-bond donors (Lipinski definition) is 1. The van der Waals surface area contributed by atoms with Gasteiger partial charge in [-0.15, -0.1) is 10.2 Å². The molecule has 6 nitrogen and oxygen atoms in total. The van der Waals surface area contributed by atoms with E-state index >= 15 is 0 Å². The molecule has 1 unspecified atom stereocenters. The van der Waals surface area contributed by atoms with Crippen LogP contribution in [0.4, 0.5) is 0 Å². The van der Waals surface area contributed by atoms with E-state index in [4.69, 9.17) is 20.8 Å². The van der Waals surface area contributed by atoms with E-state index in [1.165, 1.54) is 0 Å². The van der Waals surface area contributed by atoms with Crippen LogP contribution in [-0.2, 0) is 17.8 Å². The molecule has 0 spiro atoms. The summed E-state index contributed by atoms with van der Waals surface area (Å²) in [7, 11) is 1.60. The van der Waals surface area contributed by atoms with Gasteiger partial charge in [0, 0.05) is 16.5 Å². The summed E-state index contributed by atoms with van der Waals surface area (Å²) in [5.41, 5.74) is 1.82. The number of halogens is 1. The highest BCUT2D eigenvalue weighted by Crippen LogP contribution is 2.22. The fraction of sp³-hybridized carbons (Fsp3) is 0.250. The van der Waals surface area contributed by atoms with Gasteiger partial charge >= 0.3 is 0 Å². The first-order valence-corrected chi connectivity index (χ1v) is 8.92. The van der Waals surface area contributed by atoms with E-state index in [0.717, 1.165) is 11.1 Å². The van der Waals surface area contributed by atoms with Gasteiger partial charge in [0.25, 0.3) is 0 Å². The molecule has 0 bridgehead atoms. The van der Waals surface area contributed by atoms with E-state index in [2.05, 4.69) is 15.5 Å². The zero-order chi connectivity index (χ0) is 19.2. The van der Waals surface area contributed by atoms with Crippen molar-refractivity contribution in [2.45, 2.75) is 19.9 Å². The normalized spacial score (nSPS) is 11.8. The molecule has 0 aliphatic carbocycles. The summed E-state index contributed by atoms with van der Waals surface area (Å²) in [5, 5.41) is 11.5. The van der Waals surface area contributed by atoms with Crippen LogP contribution in [0.2, 0.25) is 5.02 Å². The Kier molecular flexibility index (Phi) is 6.08. The molecule has 1 heterocycles. The zero-order valence-corrected chi connectivity index (χ0v) is 15.9. The molecule has 140 valence electrons. The molecule has 1 N–H and O–H groups in total. The second-order valence-corrected chi connectivity index (χ2v) is 6.62.